The van der Waals surface area contributed by atoms with Crippen molar-refractivity contribution >= 4 is 17.7 Å². The average molecular weight is 302 g/mol. The molecule has 2 heterocycles. The predicted octanol–water partition coefficient (Wildman–Crippen LogP) is 2.94. The van der Waals surface area contributed by atoms with Crippen LogP contribution in [0, 0.1) is 0 Å². The zero-order valence-corrected chi connectivity index (χ0v) is 13.1. The standard InChI is InChI=1S/C17H22N2OS/c20-16-17(9-4-5-10-17)18-15(13-6-2-1-3-7-13)19(16)14-8-11-21-12-14/h1-3,6-7,14-15,18H,4-5,8-12H2. The average Bonchev–Trinajstić information content (AvgIpc) is 3.24. The van der Waals surface area contributed by atoms with Gasteiger partial charge in [-0.2, -0.15) is 11.8 Å². The number of nitrogens with zero attached hydrogens (tertiary/aromatic N) is 1. The number of rotatable bonds is 2. The topological polar surface area (TPSA) is 32.3 Å². The molecule has 0 bridgehead atoms. The highest BCUT2D eigenvalue weighted by atomic mass is 32.2. The molecule has 0 radical (unpaired) electrons. The Balaban J connectivity index is 1.70. The minimum Gasteiger partial charge on any atom is -0.317 e. The smallest absolute Gasteiger partial charge is 0.244 e. The highest BCUT2D eigenvalue weighted by Gasteiger charge is 2.54. The number of thioether (sulfide) groups is 1. The van der Waals surface area contributed by atoms with Crippen molar-refractivity contribution in [3.05, 3.63) is 35.9 Å². The largest absolute Gasteiger partial charge is 0.317 e. The lowest BCUT2D eigenvalue weighted by Gasteiger charge is -2.30. The van der Waals surface area contributed by atoms with E-state index in [-0.39, 0.29) is 11.7 Å². The first-order valence-corrected chi connectivity index (χ1v) is 9.19. The van der Waals surface area contributed by atoms with Gasteiger partial charge in [0.1, 0.15) is 6.17 Å². The van der Waals surface area contributed by atoms with Crippen LogP contribution in [0.5, 0.6) is 0 Å². The van der Waals surface area contributed by atoms with Gasteiger partial charge in [0.05, 0.1) is 5.54 Å². The summed E-state index contributed by atoms with van der Waals surface area (Å²) in [6, 6.07) is 10.9. The molecule has 1 N–H and O–H groups in total. The molecule has 4 rings (SSSR count). The van der Waals surface area contributed by atoms with Gasteiger partial charge < -0.3 is 4.90 Å². The second-order valence-corrected chi connectivity index (χ2v) is 7.63. The third-order valence-electron chi connectivity index (χ3n) is 5.21. The quantitative estimate of drug-likeness (QED) is 0.911. The van der Waals surface area contributed by atoms with Gasteiger partial charge in [-0.3, -0.25) is 10.1 Å². The van der Waals surface area contributed by atoms with Crippen molar-refractivity contribution in [1.29, 1.82) is 0 Å². The van der Waals surface area contributed by atoms with E-state index in [0.29, 0.717) is 11.9 Å². The fraction of sp³-hybridized carbons (Fsp3) is 0.588. The van der Waals surface area contributed by atoms with E-state index in [0.717, 1.165) is 25.0 Å². The number of benzene rings is 1. The molecule has 0 aromatic heterocycles. The Morgan fingerprint density at radius 3 is 2.62 bits per heavy atom. The van der Waals surface area contributed by atoms with E-state index in [4.69, 9.17) is 0 Å². The van der Waals surface area contributed by atoms with E-state index in [1.165, 1.54) is 24.2 Å². The van der Waals surface area contributed by atoms with Crippen LogP contribution < -0.4 is 5.32 Å². The maximum Gasteiger partial charge on any atom is 0.244 e. The van der Waals surface area contributed by atoms with Crippen molar-refractivity contribution in [3.8, 4) is 0 Å². The molecule has 3 fully saturated rings. The lowest BCUT2D eigenvalue weighted by molar-refractivity contribution is -0.135. The van der Waals surface area contributed by atoms with Crippen LogP contribution in [0.4, 0.5) is 0 Å². The summed E-state index contributed by atoms with van der Waals surface area (Å²) in [6.45, 7) is 0. The first kappa shape index (κ1) is 13.6. The molecule has 2 saturated heterocycles. The summed E-state index contributed by atoms with van der Waals surface area (Å²) in [5.74, 6) is 2.64. The molecule has 1 aliphatic carbocycles. The normalized spacial score (nSPS) is 31.4. The molecule has 2 unspecified atom stereocenters. The predicted molar refractivity (Wildman–Crippen MR) is 86.1 cm³/mol. The number of hydrogen-bond donors (Lipinski definition) is 1. The van der Waals surface area contributed by atoms with Crippen LogP contribution in [0.25, 0.3) is 0 Å². The van der Waals surface area contributed by atoms with Gasteiger partial charge in [0, 0.05) is 11.8 Å². The van der Waals surface area contributed by atoms with Crippen LogP contribution >= 0.6 is 11.8 Å². The van der Waals surface area contributed by atoms with Crippen molar-refractivity contribution in [2.45, 2.75) is 49.9 Å². The molecule has 1 amide bonds. The fourth-order valence-electron chi connectivity index (χ4n) is 4.09. The monoisotopic (exact) mass is 302 g/mol. The summed E-state index contributed by atoms with van der Waals surface area (Å²) < 4.78 is 0. The molecule has 1 aromatic carbocycles. The van der Waals surface area contributed by atoms with Gasteiger partial charge >= 0.3 is 0 Å². The molecule has 4 heteroatoms. The van der Waals surface area contributed by atoms with Crippen molar-refractivity contribution in [3.63, 3.8) is 0 Å². The van der Waals surface area contributed by atoms with E-state index < -0.39 is 0 Å². The summed E-state index contributed by atoms with van der Waals surface area (Å²) in [5, 5.41) is 3.73. The van der Waals surface area contributed by atoms with Crippen LogP contribution in [-0.2, 0) is 4.79 Å². The van der Waals surface area contributed by atoms with Gasteiger partial charge in [-0.25, -0.2) is 0 Å². The molecule has 3 nitrogen and oxygen atoms in total. The molecule has 112 valence electrons. The summed E-state index contributed by atoms with van der Waals surface area (Å²) >= 11 is 1.98. The minimum absolute atomic E-state index is 0.0699. The van der Waals surface area contributed by atoms with Crippen LogP contribution in [0.3, 0.4) is 0 Å². The molecule has 2 atom stereocenters. The maximum absolute atomic E-state index is 13.2. The third-order valence-corrected chi connectivity index (χ3v) is 6.35. The Kier molecular flexibility index (Phi) is 3.46. The van der Waals surface area contributed by atoms with E-state index in [2.05, 4.69) is 34.5 Å². The van der Waals surface area contributed by atoms with Crippen molar-refractivity contribution < 1.29 is 4.79 Å². The Bertz CT molecular complexity index is 521. The van der Waals surface area contributed by atoms with Gasteiger partial charge in [-0.1, -0.05) is 43.2 Å². The van der Waals surface area contributed by atoms with E-state index in [1.807, 2.05) is 17.8 Å². The lowest BCUT2D eigenvalue weighted by atomic mass is 9.97. The first-order chi connectivity index (χ1) is 10.3. The number of carbonyl (C=O) groups is 1. The van der Waals surface area contributed by atoms with Crippen molar-refractivity contribution in [2.75, 3.05) is 11.5 Å². The highest BCUT2D eigenvalue weighted by Crippen LogP contribution is 2.43. The summed E-state index contributed by atoms with van der Waals surface area (Å²) in [5.41, 5.74) is 0.958. The number of nitrogens with one attached hydrogen (secondary N) is 1. The number of amides is 1. The number of carbonyl (C=O) groups excluding carboxylic acids is 1. The second-order valence-electron chi connectivity index (χ2n) is 6.48. The maximum atomic E-state index is 13.2. The van der Waals surface area contributed by atoms with Gasteiger partial charge in [0.2, 0.25) is 5.91 Å². The first-order valence-electron chi connectivity index (χ1n) is 8.03. The van der Waals surface area contributed by atoms with Crippen LogP contribution in [0.1, 0.15) is 43.8 Å². The van der Waals surface area contributed by atoms with E-state index in [1.54, 1.807) is 0 Å². The summed E-state index contributed by atoms with van der Waals surface area (Å²) in [6.07, 6.45) is 5.57. The molecule has 1 saturated carbocycles. The molecule has 21 heavy (non-hydrogen) atoms. The molecule has 1 spiro atoms. The summed E-state index contributed by atoms with van der Waals surface area (Å²) in [7, 11) is 0. The van der Waals surface area contributed by atoms with Crippen molar-refractivity contribution in [2.24, 2.45) is 0 Å². The highest BCUT2D eigenvalue weighted by molar-refractivity contribution is 7.99. The second kappa shape index (κ2) is 5.33. The van der Waals surface area contributed by atoms with Crippen molar-refractivity contribution in [1.82, 2.24) is 10.2 Å². The van der Waals surface area contributed by atoms with Crippen LogP contribution in [-0.4, -0.2) is 33.9 Å². The van der Waals surface area contributed by atoms with Gasteiger partial charge in [0.15, 0.2) is 0 Å². The van der Waals surface area contributed by atoms with Gasteiger partial charge in [-0.15, -0.1) is 0 Å². The van der Waals surface area contributed by atoms with Gasteiger partial charge in [0.25, 0.3) is 0 Å². The van der Waals surface area contributed by atoms with E-state index >= 15 is 0 Å². The zero-order chi connectivity index (χ0) is 14.3. The molecule has 1 aromatic rings. The van der Waals surface area contributed by atoms with Gasteiger partial charge in [-0.05, 0) is 30.6 Å². The lowest BCUT2D eigenvalue weighted by Crippen LogP contribution is -2.45. The molecule has 3 aliphatic rings. The summed E-state index contributed by atoms with van der Waals surface area (Å²) in [4.78, 5) is 15.3. The number of hydrogen-bond acceptors (Lipinski definition) is 3. The fourth-order valence-corrected chi connectivity index (χ4v) is 5.30. The molecule has 2 aliphatic heterocycles. The molecular formula is C17H22N2OS. The Labute approximate surface area is 130 Å². The Morgan fingerprint density at radius 1 is 1.19 bits per heavy atom. The minimum atomic E-state index is -0.270. The Morgan fingerprint density at radius 2 is 1.95 bits per heavy atom. The Hall–Kier alpha value is -1.00. The van der Waals surface area contributed by atoms with Crippen LogP contribution in [0.15, 0.2) is 30.3 Å². The SMILES string of the molecule is O=C1N(C2CCSC2)C(c2ccccc2)NC12CCCC2. The van der Waals surface area contributed by atoms with E-state index in [9.17, 15) is 4.79 Å². The zero-order valence-electron chi connectivity index (χ0n) is 12.3. The van der Waals surface area contributed by atoms with Crippen LogP contribution in [0.2, 0.25) is 0 Å². The molecular weight excluding hydrogens is 280 g/mol. The third kappa shape index (κ3) is 2.20.